The lowest BCUT2D eigenvalue weighted by atomic mass is 9.71. The highest BCUT2D eigenvalue weighted by atomic mass is 16.5. The number of Topliss-reactive ketones (excluding diaryl/α,β-unsaturated/α-hetero) is 3. The number of nitrogens with zero attached hydrogens (tertiary/aromatic N) is 1. The number of piperidine rings is 2. The van der Waals surface area contributed by atoms with Gasteiger partial charge in [0.25, 0.3) is 0 Å². The molecule has 2 spiro atoms. The maximum absolute atomic E-state index is 12.1. The van der Waals surface area contributed by atoms with Crippen LogP contribution in [0.1, 0.15) is 91.9 Å². The fraction of sp³-hybridized carbons (Fsp3) is 0.893. The van der Waals surface area contributed by atoms with Crippen LogP contribution in [-0.4, -0.2) is 91.1 Å². The first-order valence-corrected chi connectivity index (χ1v) is 13.7. The van der Waals surface area contributed by atoms with E-state index in [2.05, 4.69) is 45.0 Å². The van der Waals surface area contributed by atoms with Gasteiger partial charge in [0.05, 0.1) is 13.2 Å². The molecular weight excluding hydrogens is 460 g/mol. The van der Waals surface area contributed by atoms with Crippen LogP contribution < -0.4 is 5.32 Å². The molecule has 0 aromatic carbocycles. The molecule has 5 aliphatic heterocycles. The molecule has 0 radical (unpaired) electrons. The molecule has 0 aliphatic carbocycles. The van der Waals surface area contributed by atoms with Crippen LogP contribution in [0.15, 0.2) is 0 Å². The molecule has 0 aromatic heterocycles. The van der Waals surface area contributed by atoms with E-state index in [1.54, 1.807) is 0 Å². The Bertz CT molecular complexity index is 725. The van der Waals surface area contributed by atoms with E-state index in [9.17, 15) is 14.4 Å². The van der Waals surface area contributed by atoms with Gasteiger partial charge in [0, 0.05) is 87.1 Å². The smallest absolute Gasteiger partial charge is 0.137 e. The van der Waals surface area contributed by atoms with Crippen LogP contribution in [0.25, 0.3) is 0 Å². The topological polar surface area (TPSA) is 94.2 Å². The molecule has 1 N–H and O–H groups in total. The summed E-state index contributed by atoms with van der Waals surface area (Å²) in [6.45, 7) is 12.9. The first-order chi connectivity index (χ1) is 16.9. The molecule has 0 atom stereocenters. The predicted octanol–water partition coefficient (Wildman–Crippen LogP) is 3.24. The second-order valence-electron chi connectivity index (χ2n) is 12.5. The van der Waals surface area contributed by atoms with Crippen molar-refractivity contribution in [3.63, 3.8) is 0 Å². The molecule has 5 saturated heterocycles. The summed E-state index contributed by atoms with van der Waals surface area (Å²) in [5.74, 6) is 1.15. The summed E-state index contributed by atoms with van der Waals surface area (Å²) in [4.78, 5) is 36.2. The van der Waals surface area contributed by atoms with Gasteiger partial charge in [-0.25, -0.2) is 0 Å². The van der Waals surface area contributed by atoms with Crippen molar-refractivity contribution < 1.29 is 28.6 Å². The summed E-state index contributed by atoms with van der Waals surface area (Å²) in [7, 11) is 2.10. The molecule has 5 rings (SSSR count). The average Bonchev–Trinajstić information content (AvgIpc) is 2.78. The first kappa shape index (κ1) is 29.4. The van der Waals surface area contributed by atoms with Crippen molar-refractivity contribution in [3.05, 3.63) is 0 Å². The minimum Gasteiger partial charge on any atom is -0.381 e. The zero-order valence-electron chi connectivity index (χ0n) is 23.2. The molecule has 0 aromatic rings. The van der Waals surface area contributed by atoms with Crippen LogP contribution in [-0.2, 0) is 28.6 Å². The average molecular weight is 509 g/mol. The molecule has 206 valence electrons. The third-order valence-corrected chi connectivity index (χ3v) is 8.63. The van der Waals surface area contributed by atoms with Crippen LogP contribution in [0.2, 0.25) is 0 Å². The van der Waals surface area contributed by atoms with Crippen molar-refractivity contribution in [2.75, 3.05) is 46.7 Å². The molecule has 8 heteroatoms. The molecule has 36 heavy (non-hydrogen) atoms. The monoisotopic (exact) mass is 508 g/mol. The Hall–Kier alpha value is -1.19. The van der Waals surface area contributed by atoms with Crippen LogP contribution >= 0.6 is 0 Å². The number of carbonyl (C=O) groups is 3. The van der Waals surface area contributed by atoms with E-state index in [4.69, 9.17) is 14.2 Å². The summed E-state index contributed by atoms with van der Waals surface area (Å²) in [6.07, 6.45) is 7.91. The summed E-state index contributed by atoms with van der Waals surface area (Å²) >= 11 is 0. The van der Waals surface area contributed by atoms with Gasteiger partial charge in [0.1, 0.15) is 17.3 Å². The van der Waals surface area contributed by atoms with E-state index in [1.807, 2.05) is 0 Å². The normalized spacial score (nSPS) is 29.1. The van der Waals surface area contributed by atoms with Gasteiger partial charge >= 0.3 is 0 Å². The molecule has 0 saturated carbocycles. The lowest BCUT2D eigenvalue weighted by molar-refractivity contribution is -0.132. The molecule has 0 bridgehead atoms. The van der Waals surface area contributed by atoms with E-state index in [1.165, 1.54) is 0 Å². The van der Waals surface area contributed by atoms with Crippen molar-refractivity contribution in [2.24, 2.45) is 0 Å². The molecule has 5 fully saturated rings. The van der Waals surface area contributed by atoms with Crippen molar-refractivity contribution >= 4 is 17.3 Å². The highest BCUT2D eigenvalue weighted by molar-refractivity contribution is 5.82. The maximum Gasteiger partial charge on any atom is 0.137 e. The number of likely N-dealkylation sites (tertiary alicyclic amines) is 1. The number of ketones is 3. The summed E-state index contributed by atoms with van der Waals surface area (Å²) in [6, 6.07) is 0. The Labute approximate surface area is 217 Å². The van der Waals surface area contributed by atoms with Gasteiger partial charge in [0.15, 0.2) is 0 Å². The minimum absolute atomic E-state index is 0.0188. The maximum atomic E-state index is 12.1. The quantitative estimate of drug-likeness (QED) is 0.533. The van der Waals surface area contributed by atoms with Gasteiger partial charge in [-0.05, 0) is 60.4 Å². The Morgan fingerprint density at radius 1 is 0.583 bits per heavy atom. The fourth-order valence-electron chi connectivity index (χ4n) is 6.28. The molecular formula is C28H48N2O6. The molecule has 0 unspecified atom stereocenters. The zero-order chi connectivity index (χ0) is 26.5. The van der Waals surface area contributed by atoms with Crippen molar-refractivity contribution in [2.45, 2.75) is 114 Å². The van der Waals surface area contributed by atoms with Crippen LogP contribution in [0.4, 0.5) is 0 Å². The van der Waals surface area contributed by atoms with Gasteiger partial charge in [-0.1, -0.05) is 0 Å². The second-order valence-corrected chi connectivity index (χ2v) is 12.5. The number of hydrogen-bond donors (Lipinski definition) is 1. The molecule has 5 heterocycles. The summed E-state index contributed by atoms with van der Waals surface area (Å²) in [5.41, 5.74) is 0.0908. The van der Waals surface area contributed by atoms with E-state index in [0.29, 0.717) is 69.1 Å². The number of carbonyl (C=O) groups excluding carboxylic acids is 3. The van der Waals surface area contributed by atoms with Crippen molar-refractivity contribution in [3.8, 4) is 0 Å². The molecule has 0 amide bonds. The van der Waals surface area contributed by atoms with Gasteiger partial charge in [-0.15, -0.1) is 0 Å². The summed E-state index contributed by atoms with van der Waals surface area (Å²) < 4.78 is 15.8. The zero-order valence-corrected chi connectivity index (χ0v) is 23.2. The second kappa shape index (κ2) is 12.1. The number of hydrogen-bond acceptors (Lipinski definition) is 8. The Morgan fingerprint density at radius 3 is 1.31 bits per heavy atom. The van der Waals surface area contributed by atoms with Gasteiger partial charge in [0.2, 0.25) is 0 Å². The summed E-state index contributed by atoms with van der Waals surface area (Å²) in [5, 5.41) is 3.83. The number of nitrogens with one attached hydrogen (secondary N) is 1. The lowest BCUT2D eigenvalue weighted by Gasteiger charge is -2.51. The van der Waals surface area contributed by atoms with E-state index >= 15 is 0 Å². The number of ether oxygens (including phenoxy) is 3. The standard InChI is InChI=1S/C13H21NO3.C10H19NO.C5H8O2/c15-11-9-12(1-5-16-6-2-12)14-13(10-11)3-7-17-8-4-13;1-9(2)6-8(12)7-10(3,4)11(9)5;6-5-1-3-7-4-2-5/h14H,1-10H2;6-7H2,1-5H3;1-4H2. The van der Waals surface area contributed by atoms with Crippen LogP contribution in [0.5, 0.6) is 0 Å². The third kappa shape index (κ3) is 7.90. The van der Waals surface area contributed by atoms with Gasteiger partial charge in [-0.3, -0.25) is 19.3 Å². The predicted molar refractivity (Wildman–Crippen MR) is 138 cm³/mol. The third-order valence-electron chi connectivity index (χ3n) is 8.63. The Morgan fingerprint density at radius 2 is 0.944 bits per heavy atom. The Balaban J connectivity index is 0.000000165. The first-order valence-electron chi connectivity index (χ1n) is 13.7. The highest BCUT2D eigenvalue weighted by Gasteiger charge is 2.48. The van der Waals surface area contributed by atoms with E-state index in [0.717, 1.165) is 52.1 Å². The fourth-order valence-corrected chi connectivity index (χ4v) is 6.28. The van der Waals surface area contributed by atoms with Crippen LogP contribution in [0.3, 0.4) is 0 Å². The lowest BCUT2D eigenvalue weighted by Crippen LogP contribution is -2.66. The van der Waals surface area contributed by atoms with Crippen molar-refractivity contribution in [1.82, 2.24) is 10.2 Å². The largest absolute Gasteiger partial charge is 0.381 e. The minimum atomic E-state index is 0.0188. The van der Waals surface area contributed by atoms with E-state index in [-0.39, 0.29) is 22.2 Å². The van der Waals surface area contributed by atoms with E-state index < -0.39 is 0 Å². The molecule has 8 nitrogen and oxygen atoms in total. The SMILES string of the molecule is CN1C(C)(C)CC(=O)CC1(C)C.O=C1CC2(CCOCC2)NC2(CCOCC2)C1.O=C1CCOCC1. The van der Waals surface area contributed by atoms with Crippen LogP contribution in [0, 0.1) is 0 Å². The highest BCUT2D eigenvalue weighted by Crippen LogP contribution is 2.38. The van der Waals surface area contributed by atoms with Gasteiger partial charge < -0.3 is 19.5 Å². The van der Waals surface area contributed by atoms with Crippen molar-refractivity contribution in [1.29, 1.82) is 0 Å². The number of rotatable bonds is 0. The van der Waals surface area contributed by atoms with Gasteiger partial charge in [-0.2, -0.15) is 0 Å². The Kier molecular flexibility index (Phi) is 9.88. The molecule has 5 aliphatic rings.